The summed E-state index contributed by atoms with van der Waals surface area (Å²) >= 11 is 0. The van der Waals surface area contributed by atoms with Crippen molar-refractivity contribution in [2.75, 3.05) is 26.2 Å². The number of carbonyl (C=O) groups is 2. The molecule has 3 rings (SSSR count). The van der Waals surface area contributed by atoms with Gasteiger partial charge in [0.05, 0.1) is 5.56 Å². The van der Waals surface area contributed by atoms with Gasteiger partial charge in [0.1, 0.15) is 11.7 Å². The van der Waals surface area contributed by atoms with Crippen molar-refractivity contribution < 1.29 is 27.9 Å². The zero-order valence-corrected chi connectivity index (χ0v) is 15.8. The van der Waals surface area contributed by atoms with Crippen LogP contribution in [0.5, 0.6) is 0 Å². The normalized spacial score (nSPS) is 16.6. The van der Waals surface area contributed by atoms with E-state index >= 15 is 0 Å². The van der Waals surface area contributed by atoms with E-state index in [9.17, 15) is 22.8 Å². The largest absolute Gasteiger partial charge is 0.480 e. The Hall–Kier alpha value is -2.88. The van der Waals surface area contributed by atoms with Crippen molar-refractivity contribution >= 4 is 11.9 Å². The Morgan fingerprint density at radius 1 is 1.17 bits per heavy atom. The molecule has 1 amide bonds. The minimum Gasteiger partial charge on any atom is -0.480 e. The summed E-state index contributed by atoms with van der Waals surface area (Å²) in [4.78, 5) is 27.5. The molecule has 7 nitrogen and oxygen atoms in total. The lowest BCUT2D eigenvalue weighted by molar-refractivity contribution is -0.140. The summed E-state index contributed by atoms with van der Waals surface area (Å²) in [6, 6.07) is 5.74. The maximum Gasteiger partial charge on any atom is 0.416 e. The van der Waals surface area contributed by atoms with E-state index in [-0.39, 0.29) is 11.6 Å². The molecule has 1 fully saturated rings. The van der Waals surface area contributed by atoms with Crippen LogP contribution in [0.1, 0.15) is 34.6 Å². The summed E-state index contributed by atoms with van der Waals surface area (Å²) in [5.41, 5.74) is 0.0869. The van der Waals surface area contributed by atoms with Crippen molar-refractivity contribution in [3.8, 4) is 0 Å². The molecule has 0 saturated carbocycles. The van der Waals surface area contributed by atoms with E-state index in [1.54, 1.807) is 11.0 Å². The van der Waals surface area contributed by atoms with Crippen LogP contribution in [0, 0.1) is 0 Å². The molecule has 0 bridgehead atoms. The first-order valence-electron chi connectivity index (χ1n) is 9.11. The van der Waals surface area contributed by atoms with Crippen molar-refractivity contribution in [3.63, 3.8) is 0 Å². The van der Waals surface area contributed by atoms with Crippen LogP contribution in [0.25, 0.3) is 0 Å². The number of carboxylic acids is 1. The van der Waals surface area contributed by atoms with E-state index in [1.165, 1.54) is 29.9 Å². The van der Waals surface area contributed by atoms with Gasteiger partial charge >= 0.3 is 12.1 Å². The van der Waals surface area contributed by atoms with Crippen molar-refractivity contribution in [2.24, 2.45) is 0 Å². The fourth-order valence-corrected chi connectivity index (χ4v) is 3.27. The lowest BCUT2D eigenvalue weighted by atomic mass is 10.1. The standard InChI is InChI=1S/C19H21F3N4O3/c1-13(18(28)29)26-16(5-6-23-26)17(27)25-9-7-24(8-10-25)12-14-3-2-4-15(11-14)19(20,21)22/h2-6,11,13H,7-10,12H2,1H3,(H,28,29). The topological polar surface area (TPSA) is 78.7 Å². The van der Waals surface area contributed by atoms with Gasteiger partial charge in [0, 0.05) is 38.9 Å². The lowest BCUT2D eigenvalue weighted by Gasteiger charge is -2.35. The Morgan fingerprint density at radius 2 is 1.86 bits per heavy atom. The number of alkyl halides is 3. The number of benzene rings is 1. The van der Waals surface area contributed by atoms with Crippen molar-refractivity contribution in [1.82, 2.24) is 19.6 Å². The Balaban J connectivity index is 1.61. The third-order valence-electron chi connectivity index (χ3n) is 4.93. The number of hydrogen-bond acceptors (Lipinski definition) is 4. The van der Waals surface area contributed by atoms with Gasteiger partial charge in [-0.2, -0.15) is 18.3 Å². The molecule has 0 radical (unpaired) electrons. The Morgan fingerprint density at radius 3 is 2.48 bits per heavy atom. The van der Waals surface area contributed by atoms with Gasteiger partial charge in [-0.25, -0.2) is 9.48 Å². The molecule has 2 heterocycles. The number of carbonyl (C=O) groups excluding carboxylic acids is 1. The molecule has 2 aromatic rings. The Labute approximate surface area is 165 Å². The highest BCUT2D eigenvalue weighted by molar-refractivity contribution is 5.93. The highest BCUT2D eigenvalue weighted by Gasteiger charge is 2.31. The number of hydrogen-bond donors (Lipinski definition) is 1. The second-order valence-electron chi connectivity index (χ2n) is 6.94. The number of carboxylic acid groups (broad SMARTS) is 1. The fourth-order valence-electron chi connectivity index (χ4n) is 3.27. The quantitative estimate of drug-likeness (QED) is 0.820. The molecule has 1 aromatic carbocycles. The number of nitrogens with zero attached hydrogens (tertiary/aromatic N) is 4. The molecular formula is C19H21F3N4O3. The maximum absolute atomic E-state index is 12.9. The zero-order chi connectivity index (χ0) is 21.2. The van der Waals surface area contributed by atoms with Gasteiger partial charge in [-0.05, 0) is 24.6 Å². The van der Waals surface area contributed by atoms with Crippen molar-refractivity contribution in [2.45, 2.75) is 25.7 Å². The SMILES string of the molecule is CC(C(=O)O)n1nccc1C(=O)N1CCN(Cc2cccc(C(F)(F)F)c2)CC1. The fraction of sp³-hybridized carbons (Fsp3) is 0.421. The van der Waals surface area contributed by atoms with Gasteiger partial charge in [0.25, 0.3) is 5.91 Å². The third-order valence-corrected chi connectivity index (χ3v) is 4.93. The lowest BCUT2D eigenvalue weighted by Crippen LogP contribution is -2.48. The summed E-state index contributed by atoms with van der Waals surface area (Å²) in [5, 5.41) is 13.1. The zero-order valence-electron chi connectivity index (χ0n) is 15.8. The van der Waals surface area contributed by atoms with E-state index in [4.69, 9.17) is 5.11 Å². The third kappa shape index (κ3) is 4.76. The first-order valence-corrected chi connectivity index (χ1v) is 9.11. The van der Waals surface area contributed by atoms with Crippen LogP contribution in [0.15, 0.2) is 36.5 Å². The van der Waals surface area contributed by atoms with E-state index in [0.717, 1.165) is 12.1 Å². The van der Waals surface area contributed by atoms with Crippen LogP contribution in [0.3, 0.4) is 0 Å². The molecule has 1 aliphatic rings. The number of piperazine rings is 1. The van der Waals surface area contributed by atoms with E-state index < -0.39 is 23.8 Å². The first kappa shape index (κ1) is 20.8. The van der Waals surface area contributed by atoms with Gasteiger partial charge in [-0.3, -0.25) is 9.69 Å². The van der Waals surface area contributed by atoms with Crippen LogP contribution >= 0.6 is 0 Å². The minimum atomic E-state index is -4.38. The molecular weight excluding hydrogens is 389 g/mol. The van der Waals surface area contributed by atoms with Crippen LogP contribution < -0.4 is 0 Å². The van der Waals surface area contributed by atoms with E-state index in [1.807, 2.05) is 4.90 Å². The molecule has 0 spiro atoms. The van der Waals surface area contributed by atoms with Crippen LogP contribution in [0.2, 0.25) is 0 Å². The summed E-state index contributed by atoms with van der Waals surface area (Å²) in [5.74, 6) is -1.40. The number of aliphatic carboxylic acids is 1. The molecule has 10 heteroatoms. The number of amides is 1. The molecule has 1 N–H and O–H groups in total. The molecule has 1 unspecified atom stereocenters. The summed E-state index contributed by atoms with van der Waals surface area (Å²) in [6.45, 7) is 3.60. The monoisotopic (exact) mass is 410 g/mol. The van der Waals surface area contributed by atoms with Gasteiger partial charge in [-0.15, -0.1) is 0 Å². The van der Waals surface area contributed by atoms with Crippen LogP contribution in [-0.2, 0) is 17.5 Å². The predicted octanol–water partition coefficient (Wildman–Crippen LogP) is 2.51. The highest BCUT2D eigenvalue weighted by atomic mass is 19.4. The van der Waals surface area contributed by atoms with E-state index in [0.29, 0.717) is 38.3 Å². The van der Waals surface area contributed by atoms with Gasteiger partial charge in [0.2, 0.25) is 0 Å². The second-order valence-corrected chi connectivity index (χ2v) is 6.94. The van der Waals surface area contributed by atoms with Crippen molar-refractivity contribution in [3.05, 3.63) is 53.3 Å². The Bertz CT molecular complexity index is 889. The van der Waals surface area contributed by atoms with Crippen LogP contribution in [-0.4, -0.2) is 62.7 Å². The smallest absolute Gasteiger partial charge is 0.416 e. The molecule has 1 atom stereocenters. The summed E-state index contributed by atoms with van der Waals surface area (Å²) < 4.78 is 39.8. The highest BCUT2D eigenvalue weighted by Crippen LogP contribution is 2.29. The molecule has 0 aliphatic carbocycles. The van der Waals surface area contributed by atoms with Crippen molar-refractivity contribution in [1.29, 1.82) is 0 Å². The average Bonchev–Trinajstić information content (AvgIpc) is 3.16. The second kappa shape index (κ2) is 8.24. The summed E-state index contributed by atoms with van der Waals surface area (Å²) in [7, 11) is 0. The minimum absolute atomic E-state index is 0.200. The molecule has 1 aliphatic heterocycles. The molecule has 156 valence electrons. The van der Waals surface area contributed by atoms with E-state index in [2.05, 4.69) is 5.10 Å². The van der Waals surface area contributed by atoms with Gasteiger partial charge < -0.3 is 10.0 Å². The number of halogens is 3. The first-order chi connectivity index (χ1) is 13.7. The molecule has 1 saturated heterocycles. The average molecular weight is 410 g/mol. The van der Waals surface area contributed by atoms with Gasteiger partial charge in [0.15, 0.2) is 0 Å². The number of rotatable bonds is 5. The van der Waals surface area contributed by atoms with Gasteiger partial charge in [-0.1, -0.05) is 18.2 Å². The predicted molar refractivity (Wildman–Crippen MR) is 97.2 cm³/mol. The molecule has 1 aromatic heterocycles. The Kier molecular flexibility index (Phi) is 5.92. The maximum atomic E-state index is 12.9. The molecule has 29 heavy (non-hydrogen) atoms. The van der Waals surface area contributed by atoms with Crippen LogP contribution in [0.4, 0.5) is 13.2 Å². The summed E-state index contributed by atoms with van der Waals surface area (Å²) in [6.07, 6.45) is -2.99. The number of aromatic nitrogens is 2.